The molecule has 1 saturated heterocycles. The predicted molar refractivity (Wildman–Crippen MR) is 154 cm³/mol. The second-order valence-corrected chi connectivity index (χ2v) is 9.08. The summed E-state index contributed by atoms with van der Waals surface area (Å²) in [5, 5.41) is 8.13. The topological polar surface area (TPSA) is 61.0 Å². The number of nitrogens with zero attached hydrogens (tertiary/aromatic N) is 2. The van der Waals surface area contributed by atoms with Crippen molar-refractivity contribution >= 4 is 45.1 Å². The van der Waals surface area contributed by atoms with Crippen molar-refractivity contribution in [1.29, 1.82) is 0 Å². The lowest BCUT2D eigenvalue weighted by molar-refractivity contribution is 0.431. The minimum atomic E-state index is -1.15. The number of allylic oxidation sites excluding steroid dienone is 3. The van der Waals surface area contributed by atoms with Gasteiger partial charge in [-0.1, -0.05) is 70.6 Å². The molecule has 1 aromatic heterocycles. The van der Waals surface area contributed by atoms with Gasteiger partial charge in [0.2, 0.25) is 0 Å². The Labute approximate surface area is 216 Å². The predicted octanol–water partition coefficient (Wildman–Crippen LogP) is 6.56. The van der Waals surface area contributed by atoms with E-state index in [1.165, 1.54) is 12.8 Å². The third-order valence-electron chi connectivity index (χ3n) is 4.60. The van der Waals surface area contributed by atoms with Gasteiger partial charge in [-0.2, -0.15) is 5.10 Å². The summed E-state index contributed by atoms with van der Waals surface area (Å²) in [4.78, 5) is 2.34. The summed E-state index contributed by atoms with van der Waals surface area (Å²) in [7, 11) is -1.15. The monoisotopic (exact) mass is 544 g/mol. The number of benzene rings is 1. The van der Waals surface area contributed by atoms with Gasteiger partial charge in [-0.3, -0.25) is 5.10 Å². The number of hydrogen-bond acceptors (Lipinski definition) is 3. The third kappa shape index (κ3) is 11.0. The molecule has 2 heterocycles. The van der Waals surface area contributed by atoms with E-state index in [4.69, 9.17) is 0 Å². The molecule has 1 fully saturated rings. The Bertz CT molecular complexity index is 974. The summed E-state index contributed by atoms with van der Waals surface area (Å²) in [6, 6.07) is 10.1. The molecular weight excluding hydrogens is 508 g/mol. The van der Waals surface area contributed by atoms with Gasteiger partial charge in [-0.15, -0.1) is 13.2 Å². The first-order chi connectivity index (χ1) is 16.5. The first-order valence-corrected chi connectivity index (χ1v) is 13.9. The highest BCUT2D eigenvalue weighted by Crippen LogP contribution is 2.23. The quantitative estimate of drug-likeness (QED) is 0.224. The summed E-state index contributed by atoms with van der Waals surface area (Å²) in [5.74, 6) is 0. The SMILES string of the molecule is C/C=C(\C(=C/c1cn[nH]c1/C=C/c1ccccc1)NS(C)=O)N1CCCC1.C=CC.C=CCBr. The highest BCUT2D eigenvalue weighted by Gasteiger charge is 2.18. The number of nitrogens with one attached hydrogen (secondary N) is 2. The van der Waals surface area contributed by atoms with E-state index in [0.29, 0.717) is 0 Å². The maximum absolute atomic E-state index is 11.9. The fourth-order valence-corrected chi connectivity index (χ4v) is 3.70. The molecule has 0 saturated carbocycles. The van der Waals surface area contributed by atoms with E-state index in [-0.39, 0.29) is 0 Å². The number of H-pyrrole nitrogens is 1. The van der Waals surface area contributed by atoms with Crippen LogP contribution in [0, 0.1) is 0 Å². The zero-order chi connectivity index (χ0) is 25.2. The van der Waals surface area contributed by atoms with Crippen LogP contribution in [0.4, 0.5) is 0 Å². The molecule has 0 spiro atoms. The van der Waals surface area contributed by atoms with Crippen LogP contribution in [-0.2, 0) is 11.0 Å². The molecule has 0 aliphatic carbocycles. The fourth-order valence-electron chi connectivity index (χ4n) is 3.23. The first kappa shape index (κ1) is 29.4. The van der Waals surface area contributed by atoms with Crippen LogP contribution >= 0.6 is 15.9 Å². The number of halogens is 1. The minimum Gasteiger partial charge on any atom is -0.370 e. The summed E-state index contributed by atoms with van der Waals surface area (Å²) < 4.78 is 15.0. The molecule has 1 atom stereocenters. The molecule has 1 unspecified atom stereocenters. The van der Waals surface area contributed by atoms with Crippen molar-refractivity contribution in [2.75, 3.05) is 24.7 Å². The van der Waals surface area contributed by atoms with Crippen LogP contribution in [-0.4, -0.2) is 44.0 Å². The van der Waals surface area contributed by atoms with Crippen LogP contribution in [0.5, 0.6) is 0 Å². The van der Waals surface area contributed by atoms with Crippen molar-refractivity contribution in [2.45, 2.75) is 26.7 Å². The van der Waals surface area contributed by atoms with E-state index in [1.54, 1.807) is 24.6 Å². The summed E-state index contributed by atoms with van der Waals surface area (Å²) in [5.41, 5.74) is 4.93. The average Bonchev–Trinajstić information content (AvgIpc) is 3.52. The number of aromatic nitrogens is 2. The van der Waals surface area contributed by atoms with Crippen molar-refractivity contribution in [3.05, 3.63) is 96.1 Å². The first-order valence-electron chi connectivity index (χ1n) is 11.2. The highest BCUT2D eigenvalue weighted by molar-refractivity contribution is 9.09. The van der Waals surface area contributed by atoms with Gasteiger partial charge < -0.3 is 9.62 Å². The number of hydrogen-bond donors (Lipinski definition) is 2. The Balaban J connectivity index is 0.000000732. The zero-order valence-electron chi connectivity index (χ0n) is 20.5. The Morgan fingerprint density at radius 1 is 1.21 bits per heavy atom. The van der Waals surface area contributed by atoms with Crippen LogP contribution in [0.1, 0.15) is 43.5 Å². The fraction of sp³-hybridized carbons (Fsp3) is 0.296. The number of alkyl halides is 1. The molecular formula is C27H37BrN4OS. The largest absolute Gasteiger partial charge is 0.370 e. The maximum atomic E-state index is 11.9. The molecule has 3 rings (SSSR count). The van der Waals surface area contributed by atoms with Crippen molar-refractivity contribution in [1.82, 2.24) is 19.8 Å². The normalized spacial score (nSPS) is 14.5. The molecule has 5 nitrogen and oxygen atoms in total. The van der Waals surface area contributed by atoms with E-state index in [0.717, 1.165) is 46.6 Å². The molecule has 34 heavy (non-hydrogen) atoms. The Hall–Kier alpha value is -2.64. The van der Waals surface area contributed by atoms with Gasteiger partial charge in [-0.05, 0) is 44.4 Å². The third-order valence-corrected chi connectivity index (χ3v) is 5.57. The van der Waals surface area contributed by atoms with Crippen LogP contribution < -0.4 is 4.72 Å². The van der Waals surface area contributed by atoms with Gasteiger partial charge >= 0.3 is 0 Å². The number of likely N-dealkylation sites (tertiary alicyclic amines) is 1. The molecule has 2 aromatic rings. The van der Waals surface area contributed by atoms with Gasteiger partial charge in [0.15, 0.2) is 0 Å². The highest BCUT2D eigenvalue weighted by atomic mass is 79.9. The molecule has 1 aromatic carbocycles. The standard InChI is InChI=1S/C21H26N4OS.C3H5Br.C3H6/c1-3-21(25-13-7-8-14-25)20(24-27(2)26)15-18-16-22-23-19(18)12-11-17-9-5-4-6-10-17;1-2-3-4;1-3-2/h3-6,9-12,15-16,24H,7-8,13-14H2,1-2H3,(H,22,23);2H,1,3H2;3H,1H2,2H3/b12-11+,20-15+,21-3+;;. The Kier molecular flexibility index (Phi) is 15.4. The van der Waals surface area contributed by atoms with E-state index in [9.17, 15) is 4.21 Å². The van der Waals surface area contributed by atoms with Gasteiger partial charge in [0, 0.05) is 30.2 Å². The van der Waals surface area contributed by atoms with Crippen LogP contribution in [0.2, 0.25) is 0 Å². The van der Waals surface area contributed by atoms with Crippen LogP contribution in [0.25, 0.3) is 18.2 Å². The van der Waals surface area contributed by atoms with Crippen molar-refractivity contribution in [2.24, 2.45) is 0 Å². The second-order valence-electron chi connectivity index (χ2n) is 7.32. The lowest BCUT2D eigenvalue weighted by Gasteiger charge is -2.24. The van der Waals surface area contributed by atoms with E-state index in [2.05, 4.69) is 67.1 Å². The zero-order valence-corrected chi connectivity index (χ0v) is 22.9. The average molecular weight is 546 g/mol. The summed E-state index contributed by atoms with van der Waals surface area (Å²) in [6.07, 6.45) is 17.5. The second kappa shape index (κ2) is 17.8. The maximum Gasteiger partial charge on any atom is 0.114 e. The van der Waals surface area contributed by atoms with Crippen molar-refractivity contribution in [3.63, 3.8) is 0 Å². The number of rotatable bonds is 8. The van der Waals surface area contributed by atoms with Gasteiger partial charge in [-0.25, -0.2) is 4.21 Å². The van der Waals surface area contributed by atoms with Crippen LogP contribution in [0.3, 0.4) is 0 Å². The van der Waals surface area contributed by atoms with Crippen LogP contribution in [0.15, 0.2) is 79.3 Å². The minimum absolute atomic E-state index is 0.857. The van der Waals surface area contributed by atoms with Gasteiger partial charge in [0.05, 0.1) is 23.3 Å². The summed E-state index contributed by atoms with van der Waals surface area (Å²) in [6.45, 7) is 12.8. The van der Waals surface area contributed by atoms with E-state index in [1.807, 2.05) is 50.3 Å². The lowest BCUT2D eigenvalue weighted by Crippen LogP contribution is -2.27. The Morgan fingerprint density at radius 3 is 2.35 bits per heavy atom. The van der Waals surface area contributed by atoms with Gasteiger partial charge in [0.25, 0.3) is 0 Å². The van der Waals surface area contributed by atoms with E-state index >= 15 is 0 Å². The molecule has 0 radical (unpaired) electrons. The van der Waals surface area contributed by atoms with Crippen molar-refractivity contribution < 1.29 is 4.21 Å². The number of aromatic amines is 1. The molecule has 0 bridgehead atoms. The summed E-state index contributed by atoms with van der Waals surface area (Å²) >= 11 is 3.13. The molecule has 1 aliphatic rings. The van der Waals surface area contributed by atoms with E-state index < -0.39 is 11.0 Å². The molecule has 184 valence electrons. The smallest absolute Gasteiger partial charge is 0.114 e. The van der Waals surface area contributed by atoms with Gasteiger partial charge in [0.1, 0.15) is 11.0 Å². The lowest BCUT2D eigenvalue weighted by atomic mass is 10.1. The molecule has 0 amide bonds. The molecule has 2 N–H and O–H groups in total. The van der Waals surface area contributed by atoms with Crippen molar-refractivity contribution in [3.8, 4) is 0 Å². The Morgan fingerprint density at radius 2 is 1.82 bits per heavy atom. The molecule has 7 heteroatoms. The molecule has 1 aliphatic heterocycles.